The second-order valence-corrected chi connectivity index (χ2v) is 3.11. The smallest absolute Gasteiger partial charge is 0.138 e. The minimum absolute atomic E-state index is 0.116. The molecule has 54 valence electrons. The Hall–Kier alpha value is 0.250. The molecule has 0 aromatic carbocycles. The summed E-state index contributed by atoms with van der Waals surface area (Å²) in [7, 11) is 0. The number of hydrogen-bond acceptors (Lipinski definition) is 1. The molecule has 0 aromatic rings. The molecule has 3 heteroatoms. The Morgan fingerprint density at radius 3 is 2.11 bits per heavy atom. The van der Waals surface area contributed by atoms with Crippen LogP contribution in [0.4, 0.5) is 0 Å². The van der Waals surface area contributed by atoms with Crippen LogP contribution in [0.15, 0.2) is 0 Å². The van der Waals surface area contributed by atoms with E-state index >= 15 is 0 Å². The lowest BCUT2D eigenvalue weighted by molar-refractivity contribution is -0.121. The topological polar surface area (TPSA) is 17.1 Å². The maximum atomic E-state index is 10.8. The maximum Gasteiger partial charge on any atom is 0.138 e. The normalized spacial score (nSPS) is 13.9. The van der Waals surface area contributed by atoms with Crippen molar-refractivity contribution >= 4 is 29.0 Å². The largest absolute Gasteiger partial charge is 0.299 e. The lowest BCUT2D eigenvalue weighted by atomic mass is 10.1. The van der Waals surface area contributed by atoms with Gasteiger partial charge in [-0.3, -0.25) is 4.79 Å². The number of halogens is 2. The molecule has 0 saturated heterocycles. The van der Waals surface area contributed by atoms with Gasteiger partial charge in [0.2, 0.25) is 0 Å². The van der Waals surface area contributed by atoms with Gasteiger partial charge in [-0.1, -0.05) is 13.8 Å². The highest BCUT2D eigenvalue weighted by Gasteiger charge is 2.17. The van der Waals surface area contributed by atoms with Gasteiger partial charge in [0.05, 0.1) is 0 Å². The summed E-state index contributed by atoms with van der Waals surface area (Å²) in [6, 6.07) is 0. The van der Waals surface area contributed by atoms with Crippen LogP contribution < -0.4 is 0 Å². The van der Waals surface area contributed by atoms with Crippen LogP contribution in [0.3, 0.4) is 0 Å². The minimum atomic E-state index is -0.558. The summed E-state index contributed by atoms with van der Waals surface area (Å²) < 4.78 is 0. The summed E-state index contributed by atoms with van der Waals surface area (Å²) in [5.74, 6) is -0.108. The number of Topliss-reactive ketones (excluding diaryl/α,β-unsaturated/α-hetero) is 1. The first-order chi connectivity index (χ1) is 4.09. The van der Waals surface area contributed by atoms with Crippen LogP contribution in [0.25, 0.3) is 0 Å². The molecule has 9 heavy (non-hydrogen) atoms. The number of ketones is 1. The average molecular weight is 169 g/mol. The fourth-order valence-electron chi connectivity index (χ4n) is 0.462. The molecule has 0 heterocycles. The van der Waals surface area contributed by atoms with Crippen molar-refractivity contribution < 1.29 is 4.79 Å². The molecule has 0 aliphatic carbocycles. The van der Waals surface area contributed by atoms with Gasteiger partial charge in [-0.25, -0.2) is 0 Å². The standard InChI is InChI=1S/C6H10Cl2O/c1-3-5(9)4(2)6(7)8/h4,6H,3H2,1-2H3. The molecule has 1 unspecified atom stereocenters. The van der Waals surface area contributed by atoms with Crippen molar-refractivity contribution in [2.45, 2.75) is 25.1 Å². The molecular formula is C6H10Cl2O. The molecular weight excluding hydrogens is 159 g/mol. The summed E-state index contributed by atoms with van der Waals surface area (Å²) in [5.41, 5.74) is 0. The van der Waals surface area contributed by atoms with E-state index in [2.05, 4.69) is 0 Å². The predicted molar refractivity (Wildman–Crippen MR) is 40.0 cm³/mol. The molecule has 0 fully saturated rings. The van der Waals surface area contributed by atoms with E-state index in [0.717, 1.165) is 0 Å². The number of carbonyl (C=O) groups excluding carboxylic acids is 1. The zero-order chi connectivity index (χ0) is 7.44. The highest BCUT2D eigenvalue weighted by Crippen LogP contribution is 2.16. The Kier molecular flexibility index (Phi) is 4.24. The van der Waals surface area contributed by atoms with Gasteiger partial charge in [0.25, 0.3) is 0 Å². The monoisotopic (exact) mass is 168 g/mol. The van der Waals surface area contributed by atoms with Gasteiger partial charge >= 0.3 is 0 Å². The lowest BCUT2D eigenvalue weighted by Crippen LogP contribution is -2.15. The van der Waals surface area contributed by atoms with E-state index in [1.54, 1.807) is 13.8 Å². The van der Waals surface area contributed by atoms with Crippen LogP contribution in [0.2, 0.25) is 0 Å². The van der Waals surface area contributed by atoms with Crippen molar-refractivity contribution in [3.05, 3.63) is 0 Å². The Bertz CT molecular complexity index is 101. The molecule has 0 rings (SSSR count). The van der Waals surface area contributed by atoms with E-state index in [4.69, 9.17) is 23.2 Å². The summed E-state index contributed by atoms with van der Waals surface area (Å²) in [6.07, 6.45) is 0.511. The first kappa shape index (κ1) is 9.25. The van der Waals surface area contributed by atoms with E-state index in [0.29, 0.717) is 6.42 Å². The lowest BCUT2D eigenvalue weighted by Gasteiger charge is -2.07. The predicted octanol–water partition coefficient (Wildman–Crippen LogP) is 2.41. The molecule has 0 aromatic heterocycles. The van der Waals surface area contributed by atoms with E-state index in [9.17, 15) is 4.79 Å². The summed E-state index contributed by atoms with van der Waals surface area (Å²) in [4.78, 5) is 10.2. The molecule has 0 spiro atoms. The SMILES string of the molecule is CCC(=O)C(C)C(Cl)Cl. The fraction of sp³-hybridized carbons (Fsp3) is 0.833. The molecule has 0 radical (unpaired) electrons. The van der Waals surface area contributed by atoms with Crippen LogP contribution in [-0.2, 0) is 4.79 Å². The number of carbonyl (C=O) groups is 1. The zero-order valence-electron chi connectivity index (χ0n) is 5.53. The minimum Gasteiger partial charge on any atom is -0.299 e. The first-order valence-corrected chi connectivity index (χ1v) is 3.77. The molecule has 0 aliphatic heterocycles. The molecule has 0 bridgehead atoms. The zero-order valence-corrected chi connectivity index (χ0v) is 7.04. The molecule has 1 nitrogen and oxygen atoms in total. The number of rotatable bonds is 3. The van der Waals surface area contributed by atoms with Crippen molar-refractivity contribution in [3.63, 3.8) is 0 Å². The van der Waals surface area contributed by atoms with E-state index in [1.165, 1.54) is 0 Å². The van der Waals surface area contributed by atoms with Crippen molar-refractivity contribution in [2.24, 2.45) is 5.92 Å². The Balaban J connectivity index is 3.72. The highest BCUT2D eigenvalue weighted by atomic mass is 35.5. The van der Waals surface area contributed by atoms with Crippen molar-refractivity contribution in [2.75, 3.05) is 0 Å². The van der Waals surface area contributed by atoms with Gasteiger partial charge in [-0.05, 0) is 0 Å². The van der Waals surface area contributed by atoms with Crippen molar-refractivity contribution in [3.8, 4) is 0 Å². The van der Waals surface area contributed by atoms with Crippen molar-refractivity contribution in [1.82, 2.24) is 0 Å². The van der Waals surface area contributed by atoms with Gasteiger partial charge < -0.3 is 0 Å². The first-order valence-electron chi connectivity index (χ1n) is 2.90. The quantitative estimate of drug-likeness (QED) is 0.593. The fourth-order valence-corrected chi connectivity index (χ4v) is 0.744. The molecule has 0 saturated carbocycles. The van der Waals surface area contributed by atoms with Crippen LogP contribution in [0.1, 0.15) is 20.3 Å². The summed E-state index contributed by atoms with van der Waals surface area (Å²) in [5, 5.41) is 0. The van der Waals surface area contributed by atoms with Gasteiger partial charge in [-0.15, -0.1) is 23.2 Å². The second-order valence-electron chi connectivity index (χ2n) is 1.94. The number of hydrogen-bond donors (Lipinski definition) is 0. The van der Waals surface area contributed by atoms with Gasteiger partial charge in [-0.2, -0.15) is 0 Å². The van der Waals surface area contributed by atoms with Gasteiger partial charge in [0.15, 0.2) is 0 Å². The molecule has 0 aliphatic rings. The molecule has 0 N–H and O–H groups in total. The van der Waals surface area contributed by atoms with Gasteiger partial charge in [0, 0.05) is 12.3 Å². The molecule has 0 amide bonds. The van der Waals surface area contributed by atoms with Crippen LogP contribution in [-0.4, -0.2) is 10.6 Å². The third kappa shape index (κ3) is 3.07. The summed E-state index contributed by atoms with van der Waals surface area (Å²) >= 11 is 10.9. The Morgan fingerprint density at radius 2 is 2.00 bits per heavy atom. The van der Waals surface area contributed by atoms with E-state index < -0.39 is 4.84 Å². The van der Waals surface area contributed by atoms with Gasteiger partial charge in [0.1, 0.15) is 10.6 Å². The average Bonchev–Trinajstić information content (AvgIpc) is 1.84. The van der Waals surface area contributed by atoms with Crippen LogP contribution >= 0.6 is 23.2 Å². The van der Waals surface area contributed by atoms with E-state index in [1.807, 2.05) is 0 Å². The van der Waals surface area contributed by atoms with Crippen LogP contribution in [0, 0.1) is 5.92 Å². The third-order valence-corrected chi connectivity index (χ3v) is 1.99. The molecule has 1 atom stereocenters. The maximum absolute atomic E-state index is 10.8. The third-order valence-electron chi connectivity index (χ3n) is 1.23. The second kappa shape index (κ2) is 4.13. The van der Waals surface area contributed by atoms with E-state index in [-0.39, 0.29) is 11.7 Å². The number of alkyl halides is 2. The Morgan fingerprint density at radius 1 is 1.56 bits per heavy atom. The van der Waals surface area contributed by atoms with Crippen LogP contribution in [0.5, 0.6) is 0 Å². The Labute approximate surface area is 65.3 Å². The summed E-state index contributed by atoms with van der Waals surface area (Å²) in [6.45, 7) is 3.53. The highest BCUT2D eigenvalue weighted by molar-refractivity contribution is 6.45. The van der Waals surface area contributed by atoms with Crippen molar-refractivity contribution in [1.29, 1.82) is 0 Å².